The van der Waals surface area contributed by atoms with Crippen molar-refractivity contribution in [1.82, 2.24) is 15.0 Å². The van der Waals surface area contributed by atoms with E-state index in [0.717, 1.165) is 11.1 Å². The first-order valence-electron chi connectivity index (χ1n) is 6.53. The zero-order chi connectivity index (χ0) is 15.2. The highest BCUT2D eigenvalue weighted by atomic mass is 16.5. The third-order valence-corrected chi connectivity index (χ3v) is 2.84. The normalized spacial score (nSPS) is 10.8. The summed E-state index contributed by atoms with van der Waals surface area (Å²) in [6, 6.07) is 7.75. The van der Waals surface area contributed by atoms with Crippen LogP contribution in [-0.2, 0) is 11.3 Å². The van der Waals surface area contributed by atoms with E-state index in [1.807, 2.05) is 31.2 Å². The molecule has 0 saturated heterocycles. The standard InChI is InChI=1S/C15H17N3O3/c1-3-7-18(10-14(19)20)9-13-16-15(21-17-13)12-6-4-5-11(2)8-12/h3-6,8H,1,7,9-10H2,2H3,(H,19,20). The van der Waals surface area contributed by atoms with Crippen LogP contribution in [0.4, 0.5) is 0 Å². The lowest BCUT2D eigenvalue weighted by molar-refractivity contribution is -0.138. The van der Waals surface area contributed by atoms with Gasteiger partial charge in [-0.3, -0.25) is 9.69 Å². The van der Waals surface area contributed by atoms with Crippen LogP contribution in [0.5, 0.6) is 0 Å². The molecular weight excluding hydrogens is 270 g/mol. The Bertz CT molecular complexity index is 637. The van der Waals surface area contributed by atoms with E-state index in [-0.39, 0.29) is 6.54 Å². The lowest BCUT2D eigenvalue weighted by atomic mass is 10.1. The Morgan fingerprint density at radius 3 is 3.00 bits per heavy atom. The molecule has 0 fully saturated rings. The molecule has 0 spiro atoms. The number of aliphatic carboxylic acids is 1. The SMILES string of the molecule is C=CCN(CC(=O)O)Cc1noc(-c2cccc(C)c2)n1. The van der Waals surface area contributed by atoms with E-state index < -0.39 is 5.97 Å². The van der Waals surface area contributed by atoms with Gasteiger partial charge in [0.1, 0.15) is 0 Å². The Balaban J connectivity index is 2.11. The molecule has 1 aromatic heterocycles. The highest BCUT2D eigenvalue weighted by molar-refractivity contribution is 5.69. The molecule has 0 aliphatic rings. The predicted molar refractivity (Wildman–Crippen MR) is 77.6 cm³/mol. The molecule has 0 radical (unpaired) electrons. The van der Waals surface area contributed by atoms with Gasteiger partial charge >= 0.3 is 5.97 Å². The second-order valence-corrected chi connectivity index (χ2v) is 4.74. The minimum atomic E-state index is -0.903. The minimum absolute atomic E-state index is 0.0969. The fraction of sp³-hybridized carbons (Fsp3) is 0.267. The summed E-state index contributed by atoms with van der Waals surface area (Å²) in [6.07, 6.45) is 1.64. The molecule has 6 heteroatoms. The molecule has 1 heterocycles. The van der Waals surface area contributed by atoms with Crippen molar-refractivity contribution in [3.05, 3.63) is 48.3 Å². The summed E-state index contributed by atoms with van der Waals surface area (Å²) in [4.78, 5) is 16.8. The third-order valence-electron chi connectivity index (χ3n) is 2.84. The second kappa shape index (κ2) is 6.81. The van der Waals surface area contributed by atoms with Crippen LogP contribution in [0.15, 0.2) is 41.4 Å². The first kappa shape index (κ1) is 14.9. The van der Waals surface area contributed by atoms with Gasteiger partial charge in [0.25, 0.3) is 5.89 Å². The maximum absolute atomic E-state index is 10.8. The summed E-state index contributed by atoms with van der Waals surface area (Å²) < 4.78 is 5.23. The predicted octanol–water partition coefficient (Wildman–Crippen LogP) is 2.12. The molecule has 1 aromatic carbocycles. The zero-order valence-corrected chi connectivity index (χ0v) is 11.8. The summed E-state index contributed by atoms with van der Waals surface area (Å²) in [5.74, 6) is -0.0172. The van der Waals surface area contributed by atoms with E-state index in [1.54, 1.807) is 11.0 Å². The first-order chi connectivity index (χ1) is 10.1. The molecule has 0 aliphatic carbocycles. The van der Waals surface area contributed by atoms with Crippen molar-refractivity contribution in [3.63, 3.8) is 0 Å². The number of nitrogens with zero attached hydrogens (tertiary/aromatic N) is 3. The van der Waals surface area contributed by atoms with Crippen molar-refractivity contribution in [3.8, 4) is 11.5 Å². The molecule has 2 aromatic rings. The van der Waals surface area contributed by atoms with Crippen LogP contribution in [0, 0.1) is 6.92 Å². The van der Waals surface area contributed by atoms with Crippen LogP contribution in [-0.4, -0.2) is 39.2 Å². The monoisotopic (exact) mass is 287 g/mol. The van der Waals surface area contributed by atoms with Crippen molar-refractivity contribution in [2.75, 3.05) is 13.1 Å². The van der Waals surface area contributed by atoms with Gasteiger partial charge in [-0.15, -0.1) is 6.58 Å². The van der Waals surface area contributed by atoms with Crippen molar-refractivity contribution in [2.24, 2.45) is 0 Å². The smallest absolute Gasteiger partial charge is 0.317 e. The summed E-state index contributed by atoms with van der Waals surface area (Å²) in [7, 11) is 0. The van der Waals surface area contributed by atoms with Crippen LogP contribution in [0.3, 0.4) is 0 Å². The Kier molecular flexibility index (Phi) is 4.84. The maximum atomic E-state index is 10.8. The quantitative estimate of drug-likeness (QED) is 0.786. The van der Waals surface area contributed by atoms with E-state index in [4.69, 9.17) is 9.63 Å². The van der Waals surface area contributed by atoms with E-state index in [9.17, 15) is 4.79 Å². The summed E-state index contributed by atoms with van der Waals surface area (Å²) >= 11 is 0. The Hall–Kier alpha value is -2.47. The van der Waals surface area contributed by atoms with Crippen molar-refractivity contribution in [2.45, 2.75) is 13.5 Å². The topological polar surface area (TPSA) is 79.5 Å². The number of rotatable bonds is 7. The van der Waals surface area contributed by atoms with Gasteiger partial charge in [-0.25, -0.2) is 0 Å². The number of hydrogen-bond acceptors (Lipinski definition) is 5. The fourth-order valence-electron chi connectivity index (χ4n) is 1.97. The van der Waals surface area contributed by atoms with Gasteiger partial charge in [0.05, 0.1) is 13.1 Å². The van der Waals surface area contributed by atoms with Crippen LogP contribution < -0.4 is 0 Å². The molecule has 6 nitrogen and oxygen atoms in total. The maximum Gasteiger partial charge on any atom is 0.317 e. The first-order valence-corrected chi connectivity index (χ1v) is 6.53. The number of carboxylic acid groups (broad SMARTS) is 1. The molecule has 1 N–H and O–H groups in total. The Labute approximate surface area is 122 Å². The van der Waals surface area contributed by atoms with Gasteiger partial charge in [-0.2, -0.15) is 4.98 Å². The Morgan fingerprint density at radius 2 is 2.33 bits per heavy atom. The number of carbonyl (C=O) groups is 1. The highest BCUT2D eigenvalue weighted by Gasteiger charge is 2.14. The van der Waals surface area contributed by atoms with Crippen LogP contribution in [0.25, 0.3) is 11.5 Å². The van der Waals surface area contributed by atoms with Crippen molar-refractivity contribution < 1.29 is 14.4 Å². The van der Waals surface area contributed by atoms with Gasteiger partial charge in [-0.1, -0.05) is 28.9 Å². The van der Waals surface area contributed by atoms with Gasteiger partial charge < -0.3 is 9.63 Å². The lowest BCUT2D eigenvalue weighted by Crippen LogP contribution is -2.29. The molecule has 0 bridgehead atoms. The second-order valence-electron chi connectivity index (χ2n) is 4.74. The summed E-state index contributed by atoms with van der Waals surface area (Å²) in [5, 5.41) is 12.8. The molecule has 2 rings (SSSR count). The van der Waals surface area contributed by atoms with Crippen molar-refractivity contribution >= 4 is 5.97 Å². The van der Waals surface area contributed by atoms with E-state index in [1.165, 1.54) is 0 Å². The van der Waals surface area contributed by atoms with Crippen LogP contribution in [0.2, 0.25) is 0 Å². The van der Waals surface area contributed by atoms with Crippen LogP contribution >= 0.6 is 0 Å². The largest absolute Gasteiger partial charge is 0.480 e. The summed E-state index contributed by atoms with van der Waals surface area (Å²) in [6.45, 7) is 6.25. The number of aryl methyl sites for hydroxylation is 1. The van der Waals surface area contributed by atoms with E-state index in [0.29, 0.717) is 24.8 Å². The van der Waals surface area contributed by atoms with Gasteiger partial charge in [-0.05, 0) is 19.1 Å². The molecular formula is C15H17N3O3. The number of carboxylic acids is 1. The molecule has 0 amide bonds. The number of benzene rings is 1. The van der Waals surface area contributed by atoms with E-state index >= 15 is 0 Å². The average Bonchev–Trinajstić information content (AvgIpc) is 2.87. The van der Waals surface area contributed by atoms with Crippen LogP contribution in [0.1, 0.15) is 11.4 Å². The number of aromatic nitrogens is 2. The highest BCUT2D eigenvalue weighted by Crippen LogP contribution is 2.18. The summed E-state index contributed by atoms with van der Waals surface area (Å²) in [5.41, 5.74) is 1.95. The fourth-order valence-corrected chi connectivity index (χ4v) is 1.97. The van der Waals surface area contributed by atoms with E-state index in [2.05, 4.69) is 16.7 Å². The number of hydrogen-bond donors (Lipinski definition) is 1. The van der Waals surface area contributed by atoms with Gasteiger partial charge in [0, 0.05) is 12.1 Å². The molecule has 0 saturated carbocycles. The average molecular weight is 287 g/mol. The zero-order valence-electron chi connectivity index (χ0n) is 11.8. The molecule has 0 atom stereocenters. The van der Waals surface area contributed by atoms with Gasteiger partial charge in [0.15, 0.2) is 5.82 Å². The van der Waals surface area contributed by atoms with Gasteiger partial charge in [0.2, 0.25) is 0 Å². The Morgan fingerprint density at radius 1 is 1.52 bits per heavy atom. The molecule has 21 heavy (non-hydrogen) atoms. The van der Waals surface area contributed by atoms with Crippen molar-refractivity contribution in [1.29, 1.82) is 0 Å². The molecule has 110 valence electrons. The minimum Gasteiger partial charge on any atom is -0.480 e. The lowest BCUT2D eigenvalue weighted by Gasteiger charge is -2.15. The molecule has 0 unspecified atom stereocenters. The third kappa shape index (κ3) is 4.25. The molecule has 0 aliphatic heterocycles.